The number of nitrogens with zero attached hydrogens (tertiary/aromatic N) is 2. The van der Waals surface area contributed by atoms with Crippen LogP contribution < -0.4 is 5.73 Å². The molecule has 2 heterocycles. The van der Waals surface area contributed by atoms with Crippen molar-refractivity contribution < 1.29 is 13.9 Å². The van der Waals surface area contributed by atoms with Gasteiger partial charge in [0.25, 0.3) is 5.91 Å². The third kappa shape index (κ3) is 3.82. The average molecular weight is 365 g/mol. The molecule has 1 aliphatic rings. The van der Waals surface area contributed by atoms with E-state index in [1.807, 2.05) is 12.1 Å². The first kappa shape index (κ1) is 17.6. The van der Waals surface area contributed by atoms with Gasteiger partial charge in [0.15, 0.2) is 0 Å². The van der Waals surface area contributed by atoms with E-state index in [2.05, 4.69) is 16.0 Å². The molecule has 5 nitrogen and oxygen atoms in total. The summed E-state index contributed by atoms with van der Waals surface area (Å²) in [6.07, 6.45) is 0. The monoisotopic (exact) mass is 365 g/mol. The van der Waals surface area contributed by atoms with Gasteiger partial charge in [-0.3, -0.25) is 9.69 Å². The van der Waals surface area contributed by atoms with E-state index in [0.29, 0.717) is 5.52 Å². The highest BCUT2D eigenvalue weighted by molar-refractivity contribution is 6.00. The fourth-order valence-corrected chi connectivity index (χ4v) is 3.38. The number of carbonyl (C=O) groups excluding carboxylic acids is 1. The summed E-state index contributed by atoms with van der Waals surface area (Å²) >= 11 is 0. The number of pyridine rings is 1. The van der Waals surface area contributed by atoms with Crippen molar-refractivity contribution in [3.63, 3.8) is 0 Å². The van der Waals surface area contributed by atoms with Crippen LogP contribution >= 0.6 is 0 Å². The zero-order chi connectivity index (χ0) is 18.8. The molecule has 138 valence electrons. The van der Waals surface area contributed by atoms with Crippen molar-refractivity contribution in [3.8, 4) is 11.1 Å². The molecule has 2 aromatic carbocycles. The Balaban J connectivity index is 1.78. The minimum Gasteiger partial charge on any atom is -0.379 e. The van der Waals surface area contributed by atoms with Crippen LogP contribution in [0.5, 0.6) is 0 Å². The Morgan fingerprint density at radius 3 is 2.56 bits per heavy atom. The molecule has 1 aromatic heterocycles. The van der Waals surface area contributed by atoms with E-state index in [1.54, 1.807) is 18.2 Å². The lowest BCUT2D eigenvalue weighted by atomic mass is 9.98. The van der Waals surface area contributed by atoms with Crippen molar-refractivity contribution in [1.29, 1.82) is 0 Å². The summed E-state index contributed by atoms with van der Waals surface area (Å²) in [5.74, 6) is -0.890. The SMILES string of the molecule is NC(=O)c1cc(-c2ccc(F)cc2)c2ccc(CN3CCOCC3)cc2n1. The number of rotatable bonds is 4. The van der Waals surface area contributed by atoms with Crippen molar-refractivity contribution in [1.82, 2.24) is 9.88 Å². The molecule has 1 amide bonds. The number of ether oxygens (including phenoxy) is 1. The van der Waals surface area contributed by atoms with Gasteiger partial charge in [-0.1, -0.05) is 24.3 Å². The van der Waals surface area contributed by atoms with Crippen molar-refractivity contribution in [2.24, 2.45) is 5.73 Å². The molecule has 2 N–H and O–H groups in total. The number of fused-ring (bicyclic) bond motifs is 1. The van der Waals surface area contributed by atoms with Gasteiger partial charge in [-0.15, -0.1) is 0 Å². The first-order valence-corrected chi connectivity index (χ1v) is 8.90. The lowest BCUT2D eigenvalue weighted by Gasteiger charge is -2.26. The minimum absolute atomic E-state index is 0.199. The molecular formula is C21H20FN3O2. The Hall–Kier alpha value is -2.83. The number of morpholine rings is 1. The average Bonchev–Trinajstić information content (AvgIpc) is 2.68. The number of amides is 1. The standard InChI is InChI=1S/C21H20FN3O2/c22-16-4-2-15(3-5-16)18-12-20(21(23)26)24-19-11-14(1-6-17(18)19)13-25-7-9-27-10-8-25/h1-6,11-12H,7-10,13H2,(H2,23,26). The number of hydrogen-bond donors (Lipinski definition) is 1. The van der Waals surface area contributed by atoms with Gasteiger partial charge in [-0.05, 0) is 41.0 Å². The molecule has 0 atom stereocenters. The van der Waals surface area contributed by atoms with Crippen LogP contribution in [0.15, 0.2) is 48.5 Å². The molecule has 0 saturated carbocycles. The Kier molecular flexibility index (Phi) is 4.83. The molecule has 1 fully saturated rings. The molecule has 3 aromatic rings. The highest BCUT2D eigenvalue weighted by Crippen LogP contribution is 2.30. The molecule has 0 bridgehead atoms. The number of aromatic nitrogens is 1. The fraction of sp³-hybridized carbons (Fsp3) is 0.238. The van der Waals surface area contributed by atoms with Gasteiger partial charge in [-0.2, -0.15) is 0 Å². The van der Waals surface area contributed by atoms with Crippen LogP contribution in [-0.4, -0.2) is 42.1 Å². The second kappa shape index (κ2) is 7.42. The third-order valence-corrected chi connectivity index (χ3v) is 4.79. The maximum Gasteiger partial charge on any atom is 0.267 e. The minimum atomic E-state index is -0.584. The Bertz CT molecular complexity index is 983. The van der Waals surface area contributed by atoms with Gasteiger partial charge >= 0.3 is 0 Å². The number of benzene rings is 2. The number of halogens is 1. The van der Waals surface area contributed by atoms with Crippen molar-refractivity contribution in [2.75, 3.05) is 26.3 Å². The second-order valence-electron chi connectivity index (χ2n) is 6.67. The molecule has 6 heteroatoms. The Morgan fingerprint density at radius 1 is 1.11 bits per heavy atom. The Morgan fingerprint density at radius 2 is 1.85 bits per heavy atom. The van der Waals surface area contributed by atoms with Crippen LogP contribution in [0.2, 0.25) is 0 Å². The van der Waals surface area contributed by atoms with Crippen molar-refractivity contribution in [3.05, 3.63) is 65.6 Å². The maximum atomic E-state index is 13.3. The number of hydrogen-bond acceptors (Lipinski definition) is 4. The summed E-state index contributed by atoms with van der Waals surface area (Å²) in [7, 11) is 0. The highest BCUT2D eigenvalue weighted by atomic mass is 19.1. The molecule has 27 heavy (non-hydrogen) atoms. The van der Waals surface area contributed by atoms with Gasteiger partial charge < -0.3 is 10.5 Å². The molecule has 1 saturated heterocycles. The summed E-state index contributed by atoms with van der Waals surface area (Å²) in [4.78, 5) is 18.5. The first-order chi connectivity index (χ1) is 13.1. The fourth-order valence-electron chi connectivity index (χ4n) is 3.38. The van der Waals surface area contributed by atoms with E-state index >= 15 is 0 Å². The summed E-state index contributed by atoms with van der Waals surface area (Å²) in [6, 6.07) is 13.9. The zero-order valence-electron chi connectivity index (χ0n) is 14.8. The maximum absolute atomic E-state index is 13.3. The Labute approximate surface area is 156 Å². The molecule has 1 aliphatic heterocycles. The summed E-state index contributed by atoms with van der Waals surface area (Å²) in [5, 5.41) is 0.900. The highest BCUT2D eigenvalue weighted by Gasteiger charge is 2.14. The molecule has 0 unspecified atom stereocenters. The van der Waals surface area contributed by atoms with Crippen LogP contribution in [0.3, 0.4) is 0 Å². The molecule has 4 rings (SSSR count). The lowest BCUT2D eigenvalue weighted by molar-refractivity contribution is 0.0342. The predicted octanol–water partition coefficient (Wildman–Crippen LogP) is 2.97. The van der Waals surface area contributed by atoms with Gasteiger partial charge in [0.05, 0.1) is 18.7 Å². The number of carbonyl (C=O) groups is 1. The van der Waals surface area contributed by atoms with Crippen molar-refractivity contribution in [2.45, 2.75) is 6.54 Å². The topological polar surface area (TPSA) is 68.5 Å². The molecule has 0 aliphatic carbocycles. The van der Waals surface area contributed by atoms with E-state index in [4.69, 9.17) is 10.5 Å². The molecular weight excluding hydrogens is 345 g/mol. The van der Waals surface area contributed by atoms with Gasteiger partial charge in [0.2, 0.25) is 0 Å². The second-order valence-corrected chi connectivity index (χ2v) is 6.67. The number of nitrogens with two attached hydrogens (primary N) is 1. The van der Waals surface area contributed by atoms with Gasteiger partial charge in [-0.25, -0.2) is 9.37 Å². The lowest BCUT2D eigenvalue weighted by Crippen LogP contribution is -2.35. The first-order valence-electron chi connectivity index (χ1n) is 8.90. The van der Waals surface area contributed by atoms with E-state index in [0.717, 1.165) is 54.9 Å². The van der Waals surface area contributed by atoms with E-state index in [-0.39, 0.29) is 11.5 Å². The third-order valence-electron chi connectivity index (χ3n) is 4.79. The zero-order valence-corrected chi connectivity index (χ0v) is 14.8. The van der Waals surface area contributed by atoms with E-state index < -0.39 is 5.91 Å². The van der Waals surface area contributed by atoms with E-state index in [9.17, 15) is 9.18 Å². The van der Waals surface area contributed by atoms with Crippen molar-refractivity contribution >= 4 is 16.8 Å². The predicted molar refractivity (Wildman–Crippen MR) is 102 cm³/mol. The molecule has 0 spiro atoms. The van der Waals surface area contributed by atoms with Gasteiger partial charge in [0.1, 0.15) is 11.5 Å². The normalized spacial score (nSPS) is 15.1. The summed E-state index contributed by atoms with van der Waals surface area (Å²) in [6.45, 7) is 4.08. The van der Waals surface area contributed by atoms with Crippen LogP contribution in [0.25, 0.3) is 22.0 Å². The quantitative estimate of drug-likeness (QED) is 0.772. The summed E-state index contributed by atoms with van der Waals surface area (Å²) < 4.78 is 18.7. The van der Waals surface area contributed by atoms with Gasteiger partial charge in [0, 0.05) is 25.0 Å². The summed E-state index contributed by atoms with van der Waals surface area (Å²) in [5.41, 5.74) is 9.12. The smallest absolute Gasteiger partial charge is 0.267 e. The van der Waals surface area contributed by atoms with Crippen LogP contribution in [0, 0.1) is 5.82 Å². The van der Waals surface area contributed by atoms with Crippen LogP contribution in [0.1, 0.15) is 16.1 Å². The van der Waals surface area contributed by atoms with Crippen LogP contribution in [0.4, 0.5) is 4.39 Å². The number of primary amides is 1. The largest absolute Gasteiger partial charge is 0.379 e. The molecule has 0 radical (unpaired) electrons. The van der Waals surface area contributed by atoms with Crippen LogP contribution in [-0.2, 0) is 11.3 Å². The van der Waals surface area contributed by atoms with E-state index in [1.165, 1.54) is 12.1 Å².